The van der Waals surface area contributed by atoms with Crippen molar-refractivity contribution in [1.82, 2.24) is 15.0 Å². The predicted molar refractivity (Wildman–Crippen MR) is 197 cm³/mol. The normalized spacial score (nSPS) is 14.4. The van der Waals surface area contributed by atoms with E-state index in [9.17, 15) is 0 Å². The Morgan fingerprint density at radius 1 is 0.521 bits per heavy atom. The Labute approximate surface area is 289 Å². The van der Waals surface area contributed by atoms with Gasteiger partial charge in [-0.1, -0.05) is 145 Å². The van der Waals surface area contributed by atoms with Gasteiger partial charge in [-0.15, -0.1) is 0 Å². The minimum absolute atomic E-state index is 0.347. The zero-order valence-corrected chi connectivity index (χ0v) is 27.8. The van der Waals surface area contributed by atoms with E-state index >= 15 is 0 Å². The molecule has 6 aromatic carbocycles. The quantitative estimate of drug-likeness (QED) is 0.179. The largest absolute Gasteiger partial charge is 0.213 e. The highest BCUT2D eigenvalue weighted by molar-refractivity contribution is 8.05. The lowest BCUT2D eigenvalue weighted by Gasteiger charge is -2.32. The number of fused-ring (bicyclic) bond motifs is 6. The van der Waals surface area contributed by atoms with Gasteiger partial charge in [-0.25, -0.2) is 15.0 Å². The number of rotatable bonds is 6. The third kappa shape index (κ3) is 5.53. The van der Waals surface area contributed by atoms with Gasteiger partial charge in [0.2, 0.25) is 0 Å². The lowest BCUT2D eigenvalue weighted by molar-refractivity contribution is 0.600. The van der Waals surface area contributed by atoms with Crippen LogP contribution in [0.2, 0.25) is 0 Å². The molecule has 5 heteroatoms. The van der Waals surface area contributed by atoms with Crippen molar-refractivity contribution in [3.05, 3.63) is 163 Å². The van der Waals surface area contributed by atoms with E-state index in [0.29, 0.717) is 5.92 Å². The van der Waals surface area contributed by atoms with E-state index in [-0.39, 0.29) is 0 Å². The fraction of sp³-hybridized carbons (Fsp3) is 0.0930. The summed E-state index contributed by atoms with van der Waals surface area (Å²) in [4.78, 5) is 20.3. The molecule has 2 heterocycles. The van der Waals surface area contributed by atoms with Crippen molar-refractivity contribution in [1.29, 1.82) is 0 Å². The number of aromatic nitrogens is 3. The molecule has 1 aromatic heterocycles. The Balaban J connectivity index is 1.12. The summed E-state index contributed by atoms with van der Waals surface area (Å²) < 4.78 is 0. The molecule has 0 spiro atoms. The maximum atomic E-state index is 5.02. The molecule has 48 heavy (non-hydrogen) atoms. The van der Waals surface area contributed by atoms with Crippen LogP contribution in [-0.2, 0) is 12.8 Å². The average molecular weight is 654 g/mol. The molecule has 0 fully saturated rings. The number of aryl methyl sites for hydroxylation is 1. The third-order valence-corrected chi connectivity index (χ3v) is 11.9. The summed E-state index contributed by atoms with van der Waals surface area (Å²) in [6.07, 6.45) is 2.71. The minimum Gasteiger partial charge on any atom is -0.213 e. The first-order valence-electron chi connectivity index (χ1n) is 16.4. The molecule has 2 aliphatic rings. The van der Waals surface area contributed by atoms with E-state index in [1.165, 1.54) is 53.0 Å². The van der Waals surface area contributed by atoms with Gasteiger partial charge in [-0.05, 0) is 70.8 Å². The molecule has 3 nitrogen and oxygen atoms in total. The maximum absolute atomic E-state index is 5.02. The standard InChI is InChI=1S/C43H31N3S2/c1-4-12-28(13-5-1)31-20-21-33-26-32(34-23-24-38-41(40(34)35(33)27-31)48-37-19-11-10-18-36(37)47-38)22-25-39-44-42(29-14-6-2-7-15-29)46-43(45-39)30-16-8-3-9-17-30/h1-21,23-24,27,32H,22,25-26H2. The summed E-state index contributed by atoms with van der Waals surface area (Å²) in [6, 6.07) is 51.9. The fourth-order valence-corrected chi connectivity index (χ4v) is 9.34. The van der Waals surface area contributed by atoms with Crippen LogP contribution in [0.5, 0.6) is 0 Å². The molecule has 0 amide bonds. The zero-order chi connectivity index (χ0) is 31.9. The van der Waals surface area contributed by atoms with E-state index < -0.39 is 0 Å². The predicted octanol–water partition coefficient (Wildman–Crippen LogP) is 11.4. The van der Waals surface area contributed by atoms with Gasteiger partial charge in [0.05, 0.1) is 0 Å². The lowest BCUT2D eigenvalue weighted by atomic mass is 9.76. The molecule has 0 N–H and O–H groups in total. The van der Waals surface area contributed by atoms with Crippen molar-refractivity contribution in [2.75, 3.05) is 0 Å². The van der Waals surface area contributed by atoms with Crippen LogP contribution in [0.4, 0.5) is 0 Å². The smallest absolute Gasteiger partial charge is 0.163 e. The summed E-state index contributed by atoms with van der Waals surface area (Å²) in [5.41, 5.74) is 10.1. The number of benzene rings is 6. The van der Waals surface area contributed by atoms with Crippen LogP contribution in [-0.4, -0.2) is 15.0 Å². The van der Waals surface area contributed by atoms with Crippen LogP contribution in [0, 0.1) is 0 Å². The van der Waals surface area contributed by atoms with Gasteiger partial charge >= 0.3 is 0 Å². The van der Waals surface area contributed by atoms with Crippen LogP contribution < -0.4 is 0 Å². The Hall–Kier alpha value is -4.97. The Bertz CT molecular complexity index is 2210. The van der Waals surface area contributed by atoms with E-state index in [2.05, 4.69) is 109 Å². The molecule has 7 aromatic rings. The first-order valence-corrected chi connectivity index (χ1v) is 18.1. The minimum atomic E-state index is 0.347. The first kappa shape index (κ1) is 29.2. The second-order valence-corrected chi connectivity index (χ2v) is 14.5. The Morgan fingerprint density at radius 3 is 1.79 bits per heavy atom. The van der Waals surface area contributed by atoms with E-state index in [1.807, 2.05) is 59.9 Å². The number of nitrogens with zero attached hydrogens (tertiary/aromatic N) is 3. The maximum Gasteiger partial charge on any atom is 0.163 e. The van der Waals surface area contributed by atoms with Crippen LogP contribution in [0.25, 0.3) is 45.0 Å². The van der Waals surface area contributed by atoms with Gasteiger partial charge in [0, 0.05) is 42.7 Å². The highest BCUT2D eigenvalue weighted by Crippen LogP contribution is 2.56. The molecule has 230 valence electrons. The molecule has 9 rings (SSSR count). The molecule has 1 unspecified atom stereocenters. The molecule has 1 atom stereocenters. The topological polar surface area (TPSA) is 38.7 Å². The van der Waals surface area contributed by atoms with Crippen LogP contribution >= 0.6 is 23.5 Å². The Morgan fingerprint density at radius 2 is 1.12 bits per heavy atom. The Kier molecular flexibility index (Phi) is 7.64. The fourth-order valence-electron chi connectivity index (χ4n) is 6.92. The molecule has 1 aliphatic carbocycles. The molecular weight excluding hydrogens is 623 g/mol. The molecule has 0 radical (unpaired) electrons. The van der Waals surface area contributed by atoms with E-state index in [0.717, 1.165) is 47.9 Å². The van der Waals surface area contributed by atoms with Crippen LogP contribution in [0.15, 0.2) is 165 Å². The summed E-state index contributed by atoms with van der Waals surface area (Å²) in [6.45, 7) is 0. The van der Waals surface area contributed by atoms with Gasteiger partial charge in [-0.2, -0.15) is 0 Å². The summed E-state index contributed by atoms with van der Waals surface area (Å²) in [5, 5.41) is 0. The highest BCUT2D eigenvalue weighted by Gasteiger charge is 2.31. The molecule has 0 saturated carbocycles. The van der Waals surface area contributed by atoms with Gasteiger partial charge < -0.3 is 0 Å². The van der Waals surface area contributed by atoms with E-state index in [4.69, 9.17) is 15.0 Å². The average Bonchev–Trinajstić information content (AvgIpc) is 3.16. The van der Waals surface area contributed by atoms with E-state index in [1.54, 1.807) is 0 Å². The monoisotopic (exact) mass is 653 g/mol. The lowest BCUT2D eigenvalue weighted by Crippen LogP contribution is -2.15. The zero-order valence-electron chi connectivity index (χ0n) is 26.2. The van der Waals surface area contributed by atoms with Gasteiger partial charge in [0.25, 0.3) is 0 Å². The van der Waals surface area contributed by atoms with Crippen molar-refractivity contribution in [2.45, 2.75) is 44.8 Å². The third-order valence-electron chi connectivity index (χ3n) is 9.29. The first-order chi connectivity index (χ1) is 23.8. The van der Waals surface area contributed by atoms with Crippen molar-refractivity contribution in [3.8, 4) is 45.0 Å². The van der Waals surface area contributed by atoms with Crippen molar-refractivity contribution in [2.24, 2.45) is 0 Å². The van der Waals surface area contributed by atoms with Crippen molar-refractivity contribution in [3.63, 3.8) is 0 Å². The summed E-state index contributed by atoms with van der Waals surface area (Å²) in [5.74, 6) is 2.64. The van der Waals surface area contributed by atoms with Gasteiger partial charge in [0.15, 0.2) is 11.6 Å². The molecule has 1 aliphatic heterocycles. The molecule has 0 bridgehead atoms. The molecule has 0 saturated heterocycles. The number of hydrogen-bond acceptors (Lipinski definition) is 5. The van der Waals surface area contributed by atoms with Crippen molar-refractivity contribution >= 4 is 23.5 Å². The van der Waals surface area contributed by atoms with Crippen LogP contribution in [0.1, 0.15) is 29.3 Å². The van der Waals surface area contributed by atoms with Gasteiger partial charge in [-0.3, -0.25) is 0 Å². The SMILES string of the molecule is c1ccc(-c2ccc3c(c2)-c2c(ccc4c2Sc2ccccc2S4)C(CCc2nc(-c4ccccc4)nc(-c4ccccc4)n2)C3)cc1. The summed E-state index contributed by atoms with van der Waals surface area (Å²) in [7, 11) is 0. The second-order valence-electron chi connectivity index (χ2n) is 12.3. The highest BCUT2D eigenvalue weighted by atomic mass is 32.2. The van der Waals surface area contributed by atoms with Crippen LogP contribution in [0.3, 0.4) is 0 Å². The van der Waals surface area contributed by atoms with Crippen molar-refractivity contribution < 1.29 is 0 Å². The molecular formula is C43H31N3S2. The van der Waals surface area contributed by atoms with Gasteiger partial charge in [0.1, 0.15) is 5.82 Å². The second kappa shape index (κ2) is 12.6. The number of hydrogen-bond donors (Lipinski definition) is 0. The summed E-state index contributed by atoms with van der Waals surface area (Å²) >= 11 is 3.82.